The Morgan fingerprint density at radius 3 is 2.67 bits per heavy atom. The lowest BCUT2D eigenvalue weighted by atomic mass is 9.86. The zero-order chi connectivity index (χ0) is 30.1. The summed E-state index contributed by atoms with van der Waals surface area (Å²) in [7, 11) is 1.67. The molecular weight excluding hydrogens is 614 g/mol. The van der Waals surface area contributed by atoms with E-state index in [9.17, 15) is 9.18 Å². The second-order valence-electron chi connectivity index (χ2n) is 11.0. The first-order valence-electron chi connectivity index (χ1n) is 14.3. The Labute approximate surface area is 264 Å². The molecule has 2 aliphatic heterocycles. The summed E-state index contributed by atoms with van der Waals surface area (Å²) < 4.78 is 30.5. The SMILES string of the molecule is COc1cccc(CN(C(=O)C2=C(c3cnc(OCCOc4c(Cl)cc(F)cc4Cl)s3)C[C@@H]3CNC[C@H]2N3)C2CC2)c1C. The van der Waals surface area contributed by atoms with E-state index in [-0.39, 0.29) is 53.0 Å². The smallest absolute Gasteiger partial charge is 0.273 e. The standard InChI is InChI=1S/C31H33Cl2FN4O4S/c1-17-18(4-3-5-26(17)40-2)16-38(21-6-7-21)30(39)28-22(12-20-13-35-14-25(28)37-20)27-15-36-31(43-27)42-9-8-41-29-23(32)10-19(34)11-24(29)33/h3-5,10-11,15,20-21,25,35,37H,6-9,12-14,16H2,1-2H3/t20-,25-/m1/s1. The molecule has 1 aromatic heterocycles. The number of thiazole rings is 1. The van der Waals surface area contributed by atoms with Crippen molar-refractivity contribution in [2.45, 2.75) is 50.9 Å². The van der Waals surface area contributed by atoms with Gasteiger partial charge in [0, 0.05) is 43.5 Å². The fraction of sp³-hybridized carbons (Fsp3) is 0.419. The first kappa shape index (κ1) is 30.1. The molecule has 2 atom stereocenters. The summed E-state index contributed by atoms with van der Waals surface area (Å²) in [6.45, 7) is 4.43. The summed E-state index contributed by atoms with van der Waals surface area (Å²) in [5, 5.41) is 7.83. The monoisotopic (exact) mass is 646 g/mol. The van der Waals surface area contributed by atoms with E-state index in [0.717, 1.165) is 64.4 Å². The van der Waals surface area contributed by atoms with Gasteiger partial charge >= 0.3 is 0 Å². The van der Waals surface area contributed by atoms with Crippen LogP contribution >= 0.6 is 34.5 Å². The zero-order valence-corrected chi connectivity index (χ0v) is 26.3. The molecule has 3 aliphatic rings. The maximum Gasteiger partial charge on any atom is 0.273 e. The van der Waals surface area contributed by atoms with Crippen LogP contribution in [-0.4, -0.2) is 67.3 Å². The van der Waals surface area contributed by atoms with Gasteiger partial charge in [-0.1, -0.05) is 46.7 Å². The number of fused-ring (bicyclic) bond motifs is 2. The number of halogens is 3. The van der Waals surface area contributed by atoms with Crippen molar-refractivity contribution < 1.29 is 23.4 Å². The minimum atomic E-state index is -0.533. The van der Waals surface area contributed by atoms with Gasteiger partial charge in [-0.25, -0.2) is 9.37 Å². The maximum absolute atomic E-state index is 14.4. The van der Waals surface area contributed by atoms with Crippen molar-refractivity contribution in [3.8, 4) is 16.7 Å². The number of rotatable bonds is 11. The van der Waals surface area contributed by atoms with Gasteiger partial charge in [-0.15, -0.1) is 0 Å². The fourth-order valence-electron chi connectivity index (χ4n) is 5.75. The molecule has 228 valence electrons. The van der Waals surface area contributed by atoms with Crippen molar-refractivity contribution in [3.05, 3.63) is 74.0 Å². The number of benzene rings is 2. The summed E-state index contributed by atoms with van der Waals surface area (Å²) >= 11 is 13.5. The molecule has 1 saturated carbocycles. The van der Waals surface area contributed by atoms with E-state index in [1.807, 2.05) is 24.0 Å². The number of aromatic nitrogens is 1. The summed E-state index contributed by atoms with van der Waals surface area (Å²) in [5.41, 5.74) is 3.97. The molecule has 3 heterocycles. The number of nitrogens with zero attached hydrogens (tertiary/aromatic N) is 2. The van der Waals surface area contributed by atoms with Gasteiger partial charge in [-0.2, -0.15) is 0 Å². The van der Waals surface area contributed by atoms with Gasteiger partial charge in [0.2, 0.25) is 0 Å². The first-order valence-corrected chi connectivity index (χ1v) is 15.9. The van der Waals surface area contributed by atoms with Gasteiger partial charge in [-0.3, -0.25) is 4.79 Å². The first-order chi connectivity index (χ1) is 20.8. The van der Waals surface area contributed by atoms with Crippen molar-refractivity contribution in [2.75, 3.05) is 33.4 Å². The minimum absolute atomic E-state index is 0.0664. The van der Waals surface area contributed by atoms with Crippen LogP contribution in [0.3, 0.4) is 0 Å². The van der Waals surface area contributed by atoms with Crippen LogP contribution in [0.5, 0.6) is 16.7 Å². The van der Waals surface area contributed by atoms with Crippen molar-refractivity contribution in [3.63, 3.8) is 0 Å². The molecule has 8 nitrogen and oxygen atoms in total. The Bertz CT molecular complexity index is 1520. The van der Waals surface area contributed by atoms with Crippen molar-refractivity contribution in [1.29, 1.82) is 0 Å². The van der Waals surface area contributed by atoms with Crippen LogP contribution < -0.4 is 24.8 Å². The molecular formula is C31H33Cl2FN4O4S. The number of nitrogens with one attached hydrogen (secondary N) is 2. The summed E-state index contributed by atoms with van der Waals surface area (Å²) in [6.07, 6.45) is 4.52. The number of carbonyl (C=O) groups is 1. The molecule has 2 aromatic carbocycles. The zero-order valence-electron chi connectivity index (χ0n) is 23.9. The van der Waals surface area contributed by atoms with Crippen LogP contribution in [0, 0.1) is 12.7 Å². The van der Waals surface area contributed by atoms with E-state index in [2.05, 4.69) is 21.7 Å². The summed E-state index contributed by atoms with van der Waals surface area (Å²) in [4.78, 5) is 21.9. The second kappa shape index (κ2) is 13.0. The molecule has 1 aliphatic carbocycles. The molecule has 2 fully saturated rings. The third-order valence-electron chi connectivity index (χ3n) is 8.04. The minimum Gasteiger partial charge on any atom is -0.496 e. The Morgan fingerprint density at radius 1 is 1.16 bits per heavy atom. The highest BCUT2D eigenvalue weighted by atomic mass is 35.5. The molecule has 0 unspecified atom stereocenters. The number of hydrogen-bond acceptors (Lipinski definition) is 8. The average molecular weight is 648 g/mol. The van der Waals surface area contributed by atoms with Crippen LogP contribution in [0.4, 0.5) is 4.39 Å². The Kier molecular flexibility index (Phi) is 9.11. The van der Waals surface area contributed by atoms with Gasteiger partial charge in [0.05, 0.1) is 28.1 Å². The second-order valence-corrected chi connectivity index (χ2v) is 12.8. The fourth-order valence-corrected chi connectivity index (χ4v) is 7.17. The van der Waals surface area contributed by atoms with Gasteiger partial charge in [0.15, 0.2) is 5.75 Å². The third-order valence-corrected chi connectivity index (χ3v) is 9.57. The van der Waals surface area contributed by atoms with Crippen LogP contribution in [0.1, 0.15) is 35.3 Å². The highest BCUT2D eigenvalue weighted by Crippen LogP contribution is 2.39. The molecule has 12 heteroatoms. The quantitative estimate of drug-likeness (QED) is 0.261. The van der Waals surface area contributed by atoms with Crippen LogP contribution in [0.15, 0.2) is 42.1 Å². The molecule has 3 aromatic rings. The van der Waals surface area contributed by atoms with E-state index in [0.29, 0.717) is 24.7 Å². The van der Waals surface area contributed by atoms with Crippen LogP contribution in [0.25, 0.3) is 5.57 Å². The molecule has 6 rings (SSSR count). The Morgan fingerprint density at radius 2 is 1.93 bits per heavy atom. The Balaban J connectivity index is 1.21. The average Bonchev–Trinajstić information content (AvgIpc) is 3.72. The van der Waals surface area contributed by atoms with Gasteiger partial charge in [0.25, 0.3) is 11.1 Å². The lowest BCUT2D eigenvalue weighted by Crippen LogP contribution is -2.59. The predicted octanol–water partition coefficient (Wildman–Crippen LogP) is 5.64. The number of amides is 1. The molecule has 43 heavy (non-hydrogen) atoms. The number of hydrogen-bond donors (Lipinski definition) is 2. The molecule has 2 N–H and O–H groups in total. The largest absolute Gasteiger partial charge is 0.496 e. The van der Waals surface area contributed by atoms with Crippen molar-refractivity contribution in [2.24, 2.45) is 0 Å². The summed E-state index contributed by atoms with van der Waals surface area (Å²) in [6, 6.07) is 8.66. The highest BCUT2D eigenvalue weighted by molar-refractivity contribution is 7.14. The van der Waals surface area contributed by atoms with E-state index in [1.165, 1.54) is 11.3 Å². The van der Waals surface area contributed by atoms with E-state index in [4.69, 9.17) is 37.4 Å². The predicted molar refractivity (Wildman–Crippen MR) is 166 cm³/mol. The number of piperazine rings is 1. The van der Waals surface area contributed by atoms with E-state index in [1.54, 1.807) is 13.3 Å². The molecule has 1 saturated heterocycles. The highest BCUT2D eigenvalue weighted by Gasteiger charge is 2.41. The molecule has 0 radical (unpaired) electrons. The number of ether oxygens (including phenoxy) is 3. The third kappa shape index (κ3) is 6.63. The molecule has 2 bridgehead atoms. The maximum atomic E-state index is 14.4. The molecule has 1 amide bonds. The number of methoxy groups -OCH3 is 1. The van der Waals surface area contributed by atoms with Gasteiger partial charge < -0.3 is 29.7 Å². The molecule has 0 spiro atoms. The van der Waals surface area contributed by atoms with E-state index >= 15 is 0 Å². The van der Waals surface area contributed by atoms with Crippen molar-refractivity contribution in [1.82, 2.24) is 20.5 Å². The van der Waals surface area contributed by atoms with E-state index < -0.39 is 5.82 Å². The van der Waals surface area contributed by atoms with Gasteiger partial charge in [-0.05, 0) is 61.1 Å². The topological polar surface area (TPSA) is 85.0 Å². The van der Waals surface area contributed by atoms with Gasteiger partial charge in [0.1, 0.15) is 24.8 Å². The van der Waals surface area contributed by atoms with Crippen molar-refractivity contribution >= 4 is 46.0 Å². The normalized spacial score (nSPS) is 19.7. The lowest BCUT2D eigenvalue weighted by molar-refractivity contribution is -0.128. The van der Waals surface area contributed by atoms with Crippen LogP contribution in [-0.2, 0) is 11.3 Å². The number of carbonyl (C=O) groups excluding carboxylic acids is 1. The Hall–Kier alpha value is -2.89. The van der Waals surface area contributed by atoms with Crippen LogP contribution in [0.2, 0.25) is 10.0 Å². The lowest BCUT2D eigenvalue weighted by Gasteiger charge is -2.40. The summed E-state index contributed by atoms with van der Waals surface area (Å²) in [5.74, 6) is 0.567.